The Balaban J connectivity index is 1.55. The predicted octanol–water partition coefficient (Wildman–Crippen LogP) is 1.73. The van der Waals surface area contributed by atoms with Gasteiger partial charge in [0.15, 0.2) is 17.3 Å². The molecule has 3 aromatic heterocycles. The van der Waals surface area contributed by atoms with Gasteiger partial charge in [-0.3, -0.25) is 4.90 Å². The van der Waals surface area contributed by atoms with E-state index in [9.17, 15) is 0 Å². The third kappa shape index (κ3) is 2.97. The molecule has 0 aliphatic carbocycles. The molecule has 0 amide bonds. The third-order valence-corrected chi connectivity index (χ3v) is 4.90. The highest BCUT2D eigenvalue weighted by atomic mass is 32.1. The van der Waals surface area contributed by atoms with Crippen LogP contribution in [0.15, 0.2) is 12.5 Å². The minimum Gasteiger partial charge on any atom is -0.371 e. The standard InChI is InChI=1S/C15H19N7OS/c1-9-5-17-11(24-9)7-22-3-4-23-10(6-22)13-20-14(16-2)12-15(21-13)19-8-18-12/h5,8,10H,3-4,6-7H2,1-2H3,(H2,16,18,19,20,21). The van der Waals surface area contributed by atoms with Crippen LogP contribution in [-0.2, 0) is 11.3 Å². The number of aryl methyl sites for hydroxylation is 1. The predicted molar refractivity (Wildman–Crippen MR) is 92.1 cm³/mol. The lowest BCUT2D eigenvalue weighted by Crippen LogP contribution is -2.38. The van der Waals surface area contributed by atoms with Gasteiger partial charge in [0.1, 0.15) is 16.6 Å². The van der Waals surface area contributed by atoms with E-state index in [4.69, 9.17) is 4.74 Å². The number of ether oxygens (including phenoxy) is 1. The van der Waals surface area contributed by atoms with Gasteiger partial charge < -0.3 is 15.0 Å². The van der Waals surface area contributed by atoms with E-state index in [1.807, 2.05) is 13.2 Å². The van der Waals surface area contributed by atoms with E-state index in [2.05, 4.69) is 42.1 Å². The van der Waals surface area contributed by atoms with Crippen LogP contribution in [0, 0.1) is 6.92 Å². The van der Waals surface area contributed by atoms with Gasteiger partial charge in [-0.15, -0.1) is 11.3 Å². The summed E-state index contributed by atoms with van der Waals surface area (Å²) in [5.74, 6) is 1.41. The molecule has 1 fully saturated rings. The first-order valence-corrected chi connectivity index (χ1v) is 8.68. The summed E-state index contributed by atoms with van der Waals surface area (Å²) in [5, 5.41) is 4.22. The van der Waals surface area contributed by atoms with Crippen LogP contribution < -0.4 is 5.32 Å². The molecule has 4 rings (SSSR count). The number of H-pyrrole nitrogens is 1. The molecule has 126 valence electrons. The fraction of sp³-hybridized carbons (Fsp3) is 0.467. The van der Waals surface area contributed by atoms with Crippen molar-refractivity contribution in [3.8, 4) is 0 Å². The van der Waals surface area contributed by atoms with Crippen molar-refractivity contribution >= 4 is 28.3 Å². The van der Waals surface area contributed by atoms with E-state index >= 15 is 0 Å². The van der Waals surface area contributed by atoms with Crippen molar-refractivity contribution in [1.29, 1.82) is 0 Å². The quantitative estimate of drug-likeness (QED) is 0.744. The number of nitrogens with zero attached hydrogens (tertiary/aromatic N) is 5. The van der Waals surface area contributed by atoms with Crippen LogP contribution in [0.2, 0.25) is 0 Å². The minimum absolute atomic E-state index is 0.159. The van der Waals surface area contributed by atoms with Gasteiger partial charge in [-0.2, -0.15) is 0 Å². The second kappa shape index (κ2) is 6.42. The molecule has 0 bridgehead atoms. The van der Waals surface area contributed by atoms with E-state index in [0.29, 0.717) is 18.1 Å². The van der Waals surface area contributed by atoms with Crippen molar-refractivity contribution in [2.45, 2.75) is 19.6 Å². The number of fused-ring (bicyclic) bond motifs is 1. The van der Waals surface area contributed by atoms with E-state index in [1.54, 1.807) is 17.7 Å². The molecule has 2 N–H and O–H groups in total. The second-order valence-electron chi connectivity index (χ2n) is 5.74. The monoisotopic (exact) mass is 345 g/mol. The summed E-state index contributed by atoms with van der Waals surface area (Å²) in [5.41, 5.74) is 1.47. The van der Waals surface area contributed by atoms with Gasteiger partial charge in [-0.1, -0.05) is 0 Å². The summed E-state index contributed by atoms with van der Waals surface area (Å²) in [6.07, 6.45) is 3.39. The summed E-state index contributed by atoms with van der Waals surface area (Å²) in [4.78, 5) is 24.5. The van der Waals surface area contributed by atoms with Crippen molar-refractivity contribution in [2.24, 2.45) is 0 Å². The molecule has 1 aliphatic heterocycles. The molecule has 0 saturated carbocycles. The highest BCUT2D eigenvalue weighted by Crippen LogP contribution is 2.25. The Labute approximate surface area is 143 Å². The molecule has 1 atom stereocenters. The maximum atomic E-state index is 5.91. The Bertz CT molecular complexity index is 845. The zero-order valence-corrected chi connectivity index (χ0v) is 14.4. The van der Waals surface area contributed by atoms with Crippen LogP contribution in [0.1, 0.15) is 21.8 Å². The highest BCUT2D eigenvalue weighted by molar-refractivity contribution is 7.11. The number of aromatic nitrogens is 5. The zero-order valence-electron chi connectivity index (χ0n) is 13.6. The first-order chi connectivity index (χ1) is 11.7. The molecule has 0 aromatic carbocycles. The van der Waals surface area contributed by atoms with Crippen LogP contribution in [0.5, 0.6) is 0 Å². The molecule has 1 saturated heterocycles. The molecular formula is C15H19N7OS. The molecule has 24 heavy (non-hydrogen) atoms. The summed E-state index contributed by atoms with van der Waals surface area (Å²) in [6.45, 7) is 5.21. The topological polar surface area (TPSA) is 91.8 Å². The number of aromatic amines is 1. The number of hydrogen-bond acceptors (Lipinski definition) is 8. The Morgan fingerprint density at radius 2 is 2.33 bits per heavy atom. The maximum Gasteiger partial charge on any atom is 0.183 e. The van der Waals surface area contributed by atoms with Gasteiger partial charge in [0.2, 0.25) is 0 Å². The summed E-state index contributed by atoms with van der Waals surface area (Å²) in [6, 6.07) is 0. The third-order valence-electron chi connectivity index (χ3n) is 4.01. The van der Waals surface area contributed by atoms with E-state index in [-0.39, 0.29) is 6.10 Å². The van der Waals surface area contributed by atoms with Crippen molar-refractivity contribution in [1.82, 2.24) is 29.8 Å². The molecule has 4 heterocycles. The molecule has 0 radical (unpaired) electrons. The SMILES string of the molecule is CNc1nc(C2CN(Cc3ncc(C)s3)CCO2)nc2nc[nH]c12. The van der Waals surface area contributed by atoms with Crippen LogP contribution >= 0.6 is 11.3 Å². The number of thiazole rings is 1. The average Bonchev–Trinajstić information content (AvgIpc) is 3.23. The number of anilines is 1. The summed E-state index contributed by atoms with van der Waals surface area (Å²) >= 11 is 1.74. The van der Waals surface area contributed by atoms with Gasteiger partial charge in [-0.25, -0.2) is 19.9 Å². The zero-order chi connectivity index (χ0) is 16.5. The molecule has 9 heteroatoms. The Morgan fingerprint density at radius 3 is 3.12 bits per heavy atom. The molecular weight excluding hydrogens is 326 g/mol. The van der Waals surface area contributed by atoms with Crippen LogP contribution in [0.3, 0.4) is 0 Å². The molecule has 1 unspecified atom stereocenters. The van der Waals surface area contributed by atoms with Crippen LogP contribution in [-0.4, -0.2) is 56.6 Å². The van der Waals surface area contributed by atoms with E-state index in [1.165, 1.54) is 4.88 Å². The fourth-order valence-corrected chi connectivity index (χ4v) is 3.67. The number of nitrogens with one attached hydrogen (secondary N) is 2. The largest absolute Gasteiger partial charge is 0.371 e. The molecule has 3 aromatic rings. The normalized spacial score (nSPS) is 19.0. The number of morpholine rings is 1. The Morgan fingerprint density at radius 1 is 1.42 bits per heavy atom. The molecule has 8 nitrogen and oxygen atoms in total. The fourth-order valence-electron chi connectivity index (χ4n) is 2.84. The maximum absolute atomic E-state index is 5.91. The summed E-state index contributed by atoms with van der Waals surface area (Å²) in [7, 11) is 1.84. The lowest BCUT2D eigenvalue weighted by Gasteiger charge is -2.31. The number of hydrogen-bond donors (Lipinski definition) is 2. The lowest BCUT2D eigenvalue weighted by atomic mass is 10.2. The number of rotatable bonds is 4. The first-order valence-electron chi connectivity index (χ1n) is 7.87. The smallest absolute Gasteiger partial charge is 0.183 e. The Hall–Kier alpha value is -2.10. The van der Waals surface area contributed by atoms with E-state index in [0.717, 1.165) is 36.0 Å². The van der Waals surface area contributed by atoms with Gasteiger partial charge in [0.05, 0.1) is 19.5 Å². The average molecular weight is 345 g/mol. The van der Waals surface area contributed by atoms with E-state index < -0.39 is 0 Å². The van der Waals surface area contributed by atoms with Gasteiger partial charge in [-0.05, 0) is 6.92 Å². The second-order valence-corrected chi connectivity index (χ2v) is 7.06. The first kappa shape index (κ1) is 15.4. The summed E-state index contributed by atoms with van der Waals surface area (Å²) < 4.78 is 5.91. The van der Waals surface area contributed by atoms with Crippen LogP contribution in [0.25, 0.3) is 11.2 Å². The minimum atomic E-state index is -0.159. The number of imidazole rings is 1. The van der Waals surface area contributed by atoms with Crippen molar-refractivity contribution < 1.29 is 4.74 Å². The van der Waals surface area contributed by atoms with Crippen molar-refractivity contribution in [2.75, 3.05) is 32.1 Å². The van der Waals surface area contributed by atoms with Crippen LogP contribution in [0.4, 0.5) is 5.82 Å². The van der Waals surface area contributed by atoms with Gasteiger partial charge >= 0.3 is 0 Å². The lowest BCUT2D eigenvalue weighted by molar-refractivity contribution is -0.0370. The molecule has 0 spiro atoms. The van der Waals surface area contributed by atoms with Gasteiger partial charge in [0, 0.05) is 31.2 Å². The van der Waals surface area contributed by atoms with Crippen molar-refractivity contribution in [3.05, 3.63) is 28.2 Å². The Kier molecular flexibility index (Phi) is 4.13. The van der Waals surface area contributed by atoms with Crippen molar-refractivity contribution in [3.63, 3.8) is 0 Å². The van der Waals surface area contributed by atoms with Gasteiger partial charge in [0.25, 0.3) is 0 Å². The molecule has 1 aliphatic rings. The highest BCUT2D eigenvalue weighted by Gasteiger charge is 2.26.